The summed E-state index contributed by atoms with van der Waals surface area (Å²) < 4.78 is 1.40. The van der Waals surface area contributed by atoms with Gasteiger partial charge in [0.25, 0.3) is 0 Å². The molecule has 7 heteroatoms. The molecule has 1 aliphatic rings. The Hall–Kier alpha value is -1.89. The first-order valence-electron chi connectivity index (χ1n) is 7.38. The van der Waals surface area contributed by atoms with Crippen LogP contribution in [0.1, 0.15) is 38.5 Å². The lowest BCUT2D eigenvalue weighted by molar-refractivity contribution is -0.126. The fourth-order valence-corrected chi connectivity index (χ4v) is 2.87. The summed E-state index contributed by atoms with van der Waals surface area (Å²) >= 11 is 0. The smallest absolute Gasteiger partial charge is 0.239 e. The molecule has 1 saturated carbocycles. The number of nitrogens with one attached hydrogen (secondary N) is 1. The molecule has 1 heterocycles. The van der Waals surface area contributed by atoms with Crippen molar-refractivity contribution in [3.8, 4) is 0 Å². The number of carbonyl (C=O) groups excluding carboxylic acids is 2. The molecule has 0 bridgehead atoms. The quantitative estimate of drug-likeness (QED) is 0.689. The van der Waals surface area contributed by atoms with Gasteiger partial charge in [-0.25, -0.2) is 0 Å². The Kier molecular flexibility index (Phi) is 4.95. The van der Waals surface area contributed by atoms with E-state index in [-0.39, 0.29) is 12.5 Å². The summed E-state index contributed by atoms with van der Waals surface area (Å²) in [7, 11) is 0. The predicted molar refractivity (Wildman–Crippen MR) is 79.2 cm³/mol. The molecule has 2 rings (SSSR count). The standard InChI is InChI=1S/C14H23N5O2/c15-10-14(5-3-1-2-4-6-14)13(21)18-11-7-17-19(8-11)9-12(16)20/h7-8H,1-6,9-10,15H2,(H2,16,20)(H,18,21). The van der Waals surface area contributed by atoms with Gasteiger partial charge in [-0.3, -0.25) is 14.3 Å². The zero-order valence-electron chi connectivity index (χ0n) is 12.2. The average Bonchev–Trinajstić information content (AvgIpc) is 2.74. The minimum Gasteiger partial charge on any atom is -0.368 e. The predicted octanol–water partition coefficient (Wildman–Crippen LogP) is 0.606. The minimum atomic E-state index is -0.484. The SMILES string of the molecule is NCC1(C(=O)Nc2cnn(CC(N)=O)c2)CCCCCC1. The zero-order chi connectivity index (χ0) is 15.3. The van der Waals surface area contributed by atoms with Gasteiger partial charge in [0, 0.05) is 12.7 Å². The second kappa shape index (κ2) is 6.71. The maximum absolute atomic E-state index is 12.6. The molecule has 0 spiro atoms. The molecule has 2 amide bonds. The van der Waals surface area contributed by atoms with E-state index in [2.05, 4.69) is 10.4 Å². The van der Waals surface area contributed by atoms with Crippen molar-refractivity contribution in [2.75, 3.05) is 11.9 Å². The summed E-state index contributed by atoms with van der Waals surface area (Å²) in [6, 6.07) is 0. The van der Waals surface area contributed by atoms with Crippen LogP contribution in [0.25, 0.3) is 0 Å². The van der Waals surface area contributed by atoms with Crippen molar-refractivity contribution in [2.24, 2.45) is 16.9 Å². The molecule has 0 aliphatic heterocycles. The number of nitrogens with two attached hydrogens (primary N) is 2. The number of aromatic nitrogens is 2. The Labute approximate surface area is 124 Å². The van der Waals surface area contributed by atoms with Crippen molar-refractivity contribution in [3.63, 3.8) is 0 Å². The fourth-order valence-electron chi connectivity index (χ4n) is 2.87. The van der Waals surface area contributed by atoms with Crippen LogP contribution in [0.2, 0.25) is 0 Å². The Morgan fingerprint density at radius 3 is 2.52 bits per heavy atom. The molecule has 1 fully saturated rings. The molecule has 116 valence electrons. The summed E-state index contributed by atoms with van der Waals surface area (Å²) in [5.74, 6) is -0.524. The van der Waals surface area contributed by atoms with Gasteiger partial charge in [0.2, 0.25) is 11.8 Å². The van der Waals surface area contributed by atoms with Gasteiger partial charge in [-0.05, 0) is 12.8 Å². The van der Waals surface area contributed by atoms with Crippen LogP contribution in [0, 0.1) is 5.41 Å². The summed E-state index contributed by atoms with van der Waals surface area (Å²) in [6.07, 6.45) is 9.15. The molecule has 0 atom stereocenters. The lowest BCUT2D eigenvalue weighted by atomic mass is 9.79. The maximum atomic E-state index is 12.6. The van der Waals surface area contributed by atoms with Gasteiger partial charge in [0.15, 0.2) is 0 Å². The molecular formula is C14H23N5O2. The van der Waals surface area contributed by atoms with Crippen LogP contribution in [0.3, 0.4) is 0 Å². The van der Waals surface area contributed by atoms with Crippen LogP contribution in [0.4, 0.5) is 5.69 Å². The third-order valence-corrected chi connectivity index (χ3v) is 4.14. The van der Waals surface area contributed by atoms with E-state index in [0.29, 0.717) is 12.2 Å². The highest BCUT2D eigenvalue weighted by Gasteiger charge is 2.37. The molecule has 5 N–H and O–H groups in total. The van der Waals surface area contributed by atoms with Gasteiger partial charge < -0.3 is 16.8 Å². The van der Waals surface area contributed by atoms with Gasteiger partial charge in [0.1, 0.15) is 6.54 Å². The summed E-state index contributed by atoms with van der Waals surface area (Å²) in [6.45, 7) is 0.353. The number of anilines is 1. The van der Waals surface area contributed by atoms with E-state index < -0.39 is 11.3 Å². The molecule has 0 aromatic carbocycles. The lowest BCUT2D eigenvalue weighted by Crippen LogP contribution is -2.42. The van der Waals surface area contributed by atoms with Crippen molar-refractivity contribution in [2.45, 2.75) is 45.1 Å². The molecule has 7 nitrogen and oxygen atoms in total. The molecular weight excluding hydrogens is 270 g/mol. The lowest BCUT2D eigenvalue weighted by Gasteiger charge is -2.29. The number of nitrogens with zero attached hydrogens (tertiary/aromatic N) is 2. The van der Waals surface area contributed by atoms with Gasteiger partial charge in [-0.15, -0.1) is 0 Å². The number of hydrogen-bond acceptors (Lipinski definition) is 4. The van der Waals surface area contributed by atoms with Gasteiger partial charge in [-0.1, -0.05) is 25.7 Å². The third kappa shape index (κ3) is 3.81. The Morgan fingerprint density at radius 2 is 1.95 bits per heavy atom. The van der Waals surface area contributed by atoms with Crippen molar-refractivity contribution in [1.29, 1.82) is 0 Å². The maximum Gasteiger partial charge on any atom is 0.239 e. The van der Waals surface area contributed by atoms with E-state index in [1.54, 1.807) is 6.20 Å². The second-order valence-corrected chi connectivity index (χ2v) is 5.75. The number of amides is 2. The fraction of sp³-hybridized carbons (Fsp3) is 0.643. The van der Waals surface area contributed by atoms with Crippen LogP contribution in [0.5, 0.6) is 0 Å². The largest absolute Gasteiger partial charge is 0.368 e. The molecule has 1 aliphatic carbocycles. The van der Waals surface area contributed by atoms with Crippen LogP contribution >= 0.6 is 0 Å². The van der Waals surface area contributed by atoms with Crippen molar-refractivity contribution in [1.82, 2.24) is 9.78 Å². The van der Waals surface area contributed by atoms with E-state index in [1.165, 1.54) is 10.9 Å². The first-order valence-corrected chi connectivity index (χ1v) is 7.38. The van der Waals surface area contributed by atoms with Gasteiger partial charge in [0.05, 0.1) is 17.3 Å². The molecule has 1 aromatic rings. The first kappa shape index (κ1) is 15.5. The Balaban J connectivity index is 2.04. The number of primary amides is 1. The van der Waals surface area contributed by atoms with Crippen LogP contribution in [0.15, 0.2) is 12.4 Å². The molecule has 0 radical (unpaired) electrons. The van der Waals surface area contributed by atoms with Crippen LogP contribution < -0.4 is 16.8 Å². The van der Waals surface area contributed by atoms with E-state index in [4.69, 9.17) is 11.5 Å². The second-order valence-electron chi connectivity index (χ2n) is 5.75. The van der Waals surface area contributed by atoms with Crippen molar-refractivity contribution < 1.29 is 9.59 Å². The van der Waals surface area contributed by atoms with E-state index in [0.717, 1.165) is 38.5 Å². The van der Waals surface area contributed by atoms with E-state index >= 15 is 0 Å². The zero-order valence-corrected chi connectivity index (χ0v) is 12.2. The van der Waals surface area contributed by atoms with Crippen LogP contribution in [-0.4, -0.2) is 28.1 Å². The highest BCUT2D eigenvalue weighted by molar-refractivity contribution is 5.95. The normalized spacial score (nSPS) is 18.0. The first-order chi connectivity index (χ1) is 10.1. The topological polar surface area (TPSA) is 116 Å². The summed E-state index contributed by atoms with van der Waals surface area (Å²) in [4.78, 5) is 23.4. The minimum absolute atomic E-state index is 0.00208. The molecule has 0 unspecified atom stereocenters. The van der Waals surface area contributed by atoms with Gasteiger partial charge in [-0.2, -0.15) is 5.10 Å². The van der Waals surface area contributed by atoms with Crippen LogP contribution in [-0.2, 0) is 16.1 Å². The number of hydrogen-bond donors (Lipinski definition) is 3. The number of carbonyl (C=O) groups is 2. The number of rotatable bonds is 5. The van der Waals surface area contributed by atoms with Crippen molar-refractivity contribution in [3.05, 3.63) is 12.4 Å². The van der Waals surface area contributed by atoms with Crippen molar-refractivity contribution >= 4 is 17.5 Å². The van der Waals surface area contributed by atoms with Gasteiger partial charge >= 0.3 is 0 Å². The Morgan fingerprint density at radius 1 is 1.29 bits per heavy atom. The highest BCUT2D eigenvalue weighted by Crippen LogP contribution is 2.35. The van der Waals surface area contributed by atoms with E-state index in [9.17, 15) is 9.59 Å². The average molecular weight is 293 g/mol. The summed E-state index contributed by atoms with van der Waals surface area (Å²) in [5, 5.41) is 6.86. The summed E-state index contributed by atoms with van der Waals surface area (Å²) in [5.41, 5.74) is 11.1. The highest BCUT2D eigenvalue weighted by atomic mass is 16.2. The van der Waals surface area contributed by atoms with E-state index in [1.807, 2.05) is 0 Å². The Bertz CT molecular complexity index is 503. The molecule has 1 aromatic heterocycles. The molecule has 21 heavy (non-hydrogen) atoms. The third-order valence-electron chi connectivity index (χ3n) is 4.14. The monoisotopic (exact) mass is 293 g/mol. The molecule has 0 saturated heterocycles.